The Morgan fingerprint density at radius 3 is 2.42 bits per heavy atom. The van der Waals surface area contributed by atoms with E-state index in [2.05, 4.69) is 5.32 Å². The Morgan fingerprint density at radius 2 is 1.84 bits per heavy atom. The molecule has 0 unspecified atom stereocenters. The van der Waals surface area contributed by atoms with Gasteiger partial charge in [-0.05, 0) is 45.0 Å². The summed E-state index contributed by atoms with van der Waals surface area (Å²) in [7, 11) is 0. The molecule has 0 aliphatic heterocycles. The van der Waals surface area contributed by atoms with E-state index in [1.54, 1.807) is 24.3 Å². The molecule has 0 saturated carbocycles. The molecule has 5 heteroatoms. The molecule has 19 heavy (non-hydrogen) atoms. The van der Waals surface area contributed by atoms with E-state index < -0.39 is 0 Å². The van der Waals surface area contributed by atoms with Gasteiger partial charge in [0.25, 0.3) is 0 Å². The predicted octanol–water partition coefficient (Wildman–Crippen LogP) is 3.11. The number of esters is 1. The molecule has 0 atom stereocenters. The Labute approximate surface area is 119 Å². The van der Waals surface area contributed by atoms with Crippen molar-refractivity contribution in [3.05, 3.63) is 29.3 Å². The SMILES string of the molecule is CC(C)(C)OCCOC(=O)CNc1ccc(Cl)cc1. The molecule has 1 N–H and O–H groups in total. The summed E-state index contributed by atoms with van der Waals surface area (Å²) < 4.78 is 10.5. The van der Waals surface area contributed by atoms with Crippen molar-refractivity contribution in [1.29, 1.82) is 0 Å². The fourth-order valence-electron chi connectivity index (χ4n) is 1.30. The minimum atomic E-state index is -0.313. The molecule has 106 valence electrons. The highest BCUT2D eigenvalue weighted by Crippen LogP contribution is 2.12. The fraction of sp³-hybridized carbons (Fsp3) is 0.500. The molecule has 0 aromatic heterocycles. The normalized spacial score (nSPS) is 11.2. The van der Waals surface area contributed by atoms with Crippen molar-refractivity contribution in [2.24, 2.45) is 0 Å². The second kappa shape index (κ2) is 7.36. The quantitative estimate of drug-likeness (QED) is 0.644. The topological polar surface area (TPSA) is 47.6 Å². The number of benzene rings is 1. The van der Waals surface area contributed by atoms with Crippen molar-refractivity contribution in [3.63, 3.8) is 0 Å². The lowest BCUT2D eigenvalue weighted by atomic mass is 10.2. The van der Waals surface area contributed by atoms with Crippen LogP contribution in [0.5, 0.6) is 0 Å². The van der Waals surface area contributed by atoms with Crippen LogP contribution in [0, 0.1) is 0 Å². The number of carbonyl (C=O) groups is 1. The van der Waals surface area contributed by atoms with E-state index in [4.69, 9.17) is 21.1 Å². The molecule has 0 saturated heterocycles. The summed E-state index contributed by atoms with van der Waals surface area (Å²) in [5.74, 6) is -0.313. The third-order valence-electron chi connectivity index (χ3n) is 2.16. The minimum absolute atomic E-state index is 0.122. The van der Waals surface area contributed by atoms with Crippen LogP contribution in [0.15, 0.2) is 24.3 Å². The van der Waals surface area contributed by atoms with Gasteiger partial charge in [-0.3, -0.25) is 4.79 Å². The van der Waals surface area contributed by atoms with E-state index in [9.17, 15) is 4.79 Å². The third-order valence-corrected chi connectivity index (χ3v) is 2.41. The van der Waals surface area contributed by atoms with Crippen molar-refractivity contribution in [1.82, 2.24) is 0 Å². The van der Waals surface area contributed by atoms with Crippen LogP contribution < -0.4 is 5.32 Å². The number of anilines is 1. The molecule has 0 amide bonds. The van der Waals surface area contributed by atoms with Gasteiger partial charge in [-0.15, -0.1) is 0 Å². The number of nitrogens with one attached hydrogen (secondary N) is 1. The maximum atomic E-state index is 11.4. The van der Waals surface area contributed by atoms with E-state index >= 15 is 0 Å². The van der Waals surface area contributed by atoms with Crippen LogP contribution in [-0.4, -0.2) is 31.3 Å². The second-order valence-electron chi connectivity index (χ2n) is 5.04. The van der Waals surface area contributed by atoms with E-state index in [0.29, 0.717) is 11.6 Å². The molecule has 0 aliphatic carbocycles. The lowest BCUT2D eigenvalue weighted by Crippen LogP contribution is -2.24. The largest absolute Gasteiger partial charge is 0.462 e. The molecular formula is C14H20ClNO3. The minimum Gasteiger partial charge on any atom is -0.462 e. The smallest absolute Gasteiger partial charge is 0.325 e. The first kappa shape index (κ1) is 15.8. The Morgan fingerprint density at radius 1 is 1.21 bits per heavy atom. The van der Waals surface area contributed by atoms with Crippen molar-refractivity contribution in [2.75, 3.05) is 25.1 Å². The Kier molecular flexibility index (Phi) is 6.12. The predicted molar refractivity (Wildman–Crippen MR) is 76.6 cm³/mol. The molecule has 0 aliphatic rings. The maximum absolute atomic E-state index is 11.4. The van der Waals surface area contributed by atoms with Crippen LogP contribution in [0.4, 0.5) is 5.69 Å². The van der Waals surface area contributed by atoms with Gasteiger partial charge in [0.15, 0.2) is 0 Å². The Bertz CT molecular complexity index is 398. The summed E-state index contributed by atoms with van der Waals surface area (Å²) in [6, 6.07) is 7.12. The second-order valence-corrected chi connectivity index (χ2v) is 5.48. The monoisotopic (exact) mass is 285 g/mol. The molecule has 1 aromatic carbocycles. The van der Waals surface area contributed by atoms with Gasteiger partial charge >= 0.3 is 5.97 Å². The summed E-state index contributed by atoms with van der Waals surface area (Å²) in [5, 5.41) is 3.61. The van der Waals surface area contributed by atoms with Gasteiger partial charge in [0.2, 0.25) is 0 Å². The van der Waals surface area contributed by atoms with E-state index in [-0.39, 0.29) is 24.7 Å². The number of rotatable bonds is 6. The first-order valence-electron chi connectivity index (χ1n) is 6.16. The molecule has 1 aromatic rings. The van der Waals surface area contributed by atoms with Gasteiger partial charge < -0.3 is 14.8 Å². The van der Waals surface area contributed by atoms with Gasteiger partial charge in [0.05, 0.1) is 12.2 Å². The Balaban J connectivity index is 2.16. The molecular weight excluding hydrogens is 266 g/mol. The summed E-state index contributed by atoms with van der Waals surface area (Å²) in [4.78, 5) is 11.4. The van der Waals surface area contributed by atoms with E-state index in [1.165, 1.54) is 0 Å². The van der Waals surface area contributed by atoms with Crippen LogP contribution in [0.2, 0.25) is 5.02 Å². The lowest BCUT2D eigenvalue weighted by Gasteiger charge is -2.19. The molecule has 0 spiro atoms. The standard InChI is InChI=1S/C14H20ClNO3/c1-14(2,3)19-9-8-18-13(17)10-16-12-6-4-11(15)5-7-12/h4-7,16H,8-10H2,1-3H3. The van der Waals surface area contributed by atoms with Crippen molar-refractivity contribution in [2.45, 2.75) is 26.4 Å². The van der Waals surface area contributed by atoms with Crippen LogP contribution in [0.1, 0.15) is 20.8 Å². The van der Waals surface area contributed by atoms with Crippen molar-refractivity contribution < 1.29 is 14.3 Å². The zero-order chi connectivity index (χ0) is 14.3. The molecule has 0 heterocycles. The summed E-state index contributed by atoms with van der Waals surface area (Å²) in [5.41, 5.74) is 0.612. The van der Waals surface area contributed by atoms with Gasteiger partial charge in [-0.2, -0.15) is 0 Å². The van der Waals surface area contributed by atoms with E-state index in [1.807, 2.05) is 20.8 Å². The lowest BCUT2D eigenvalue weighted by molar-refractivity contribution is -0.144. The van der Waals surface area contributed by atoms with E-state index in [0.717, 1.165) is 5.69 Å². The highest BCUT2D eigenvalue weighted by molar-refractivity contribution is 6.30. The zero-order valence-electron chi connectivity index (χ0n) is 11.5. The van der Waals surface area contributed by atoms with Crippen molar-refractivity contribution >= 4 is 23.3 Å². The number of halogens is 1. The Hall–Kier alpha value is -1.26. The third kappa shape index (κ3) is 7.70. The molecule has 0 bridgehead atoms. The summed E-state index contributed by atoms with van der Waals surface area (Å²) in [6.07, 6.45) is 0. The number of carbonyl (C=O) groups excluding carboxylic acids is 1. The van der Waals surface area contributed by atoms with Gasteiger partial charge in [-0.25, -0.2) is 0 Å². The number of hydrogen-bond acceptors (Lipinski definition) is 4. The first-order valence-corrected chi connectivity index (χ1v) is 6.54. The van der Waals surface area contributed by atoms with Crippen LogP contribution in [0.3, 0.4) is 0 Å². The molecule has 0 fully saturated rings. The highest BCUT2D eigenvalue weighted by Gasteiger charge is 2.10. The van der Waals surface area contributed by atoms with Gasteiger partial charge in [0.1, 0.15) is 13.2 Å². The van der Waals surface area contributed by atoms with Crippen LogP contribution >= 0.6 is 11.6 Å². The average molecular weight is 286 g/mol. The summed E-state index contributed by atoms with van der Waals surface area (Å²) >= 11 is 5.76. The maximum Gasteiger partial charge on any atom is 0.325 e. The fourth-order valence-corrected chi connectivity index (χ4v) is 1.42. The van der Waals surface area contributed by atoms with Crippen LogP contribution in [-0.2, 0) is 14.3 Å². The average Bonchev–Trinajstić information content (AvgIpc) is 2.33. The van der Waals surface area contributed by atoms with Crippen LogP contribution in [0.25, 0.3) is 0 Å². The summed E-state index contributed by atoms with van der Waals surface area (Å²) in [6.45, 7) is 6.65. The highest BCUT2D eigenvalue weighted by atomic mass is 35.5. The molecule has 4 nitrogen and oxygen atoms in total. The van der Waals surface area contributed by atoms with Crippen molar-refractivity contribution in [3.8, 4) is 0 Å². The zero-order valence-corrected chi connectivity index (χ0v) is 12.3. The molecule has 0 radical (unpaired) electrons. The number of ether oxygens (including phenoxy) is 2. The van der Waals surface area contributed by atoms with Gasteiger partial charge in [0, 0.05) is 10.7 Å². The first-order chi connectivity index (χ1) is 8.87. The van der Waals surface area contributed by atoms with Gasteiger partial charge in [-0.1, -0.05) is 11.6 Å². The molecule has 1 rings (SSSR count). The number of hydrogen-bond donors (Lipinski definition) is 1.